The molecule has 0 nitrogen and oxygen atoms in total. The number of hydrogen-bond donors (Lipinski definition) is 0. The topological polar surface area (TPSA) is 0 Å². The van der Waals surface area contributed by atoms with Gasteiger partial charge in [-0.2, -0.15) is 26.3 Å². The molecule has 0 fully saturated rings. The second-order valence-electron chi connectivity index (χ2n) is 3.34. The fraction of sp³-hybridized carbons (Fsp3) is 0.500. The molecule has 0 amide bonds. The molecule has 0 N–H and O–H groups in total. The van der Waals surface area contributed by atoms with Gasteiger partial charge in [-0.3, -0.25) is 0 Å². The standard InChI is InChI=1S/C8H12.C4F6.Pt/c1-2-4-6-8-7-5-3-1;5-3(6,7)1-2-4(8,9)10;/h1-2,7-8H,3-6H2;;/b2-1-,8-7?;;. The van der Waals surface area contributed by atoms with E-state index in [2.05, 4.69) is 24.3 Å². The first-order valence-electron chi connectivity index (χ1n) is 5.18. The van der Waals surface area contributed by atoms with E-state index in [9.17, 15) is 26.3 Å². The Balaban J connectivity index is 0. The molecule has 0 spiro atoms. The van der Waals surface area contributed by atoms with Gasteiger partial charge in [0.2, 0.25) is 0 Å². The van der Waals surface area contributed by atoms with Crippen molar-refractivity contribution in [1.82, 2.24) is 0 Å². The molecule has 112 valence electrons. The van der Waals surface area contributed by atoms with Crippen LogP contribution in [0.2, 0.25) is 0 Å². The largest absolute Gasteiger partial charge is 0.457 e. The monoisotopic (exact) mass is 465 g/mol. The minimum atomic E-state index is -5.07. The molecule has 0 saturated carbocycles. The Bertz CT molecular complexity index is 296. The number of hydrogen-bond acceptors (Lipinski definition) is 0. The average Bonchev–Trinajstić information content (AvgIpc) is 2.12. The number of rotatable bonds is 0. The maximum absolute atomic E-state index is 10.9. The fourth-order valence-corrected chi connectivity index (χ4v) is 0.998. The number of allylic oxidation sites excluding steroid dienone is 4. The van der Waals surface area contributed by atoms with Gasteiger partial charge in [-0.05, 0) is 25.7 Å². The van der Waals surface area contributed by atoms with Crippen LogP contribution in [0, 0.1) is 11.8 Å². The predicted molar refractivity (Wildman–Crippen MR) is 56.6 cm³/mol. The van der Waals surface area contributed by atoms with E-state index in [0.29, 0.717) is 0 Å². The van der Waals surface area contributed by atoms with Crippen molar-refractivity contribution in [1.29, 1.82) is 0 Å². The van der Waals surface area contributed by atoms with E-state index in [0.717, 1.165) is 0 Å². The molecule has 0 radical (unpaired) electrons. The van der Waals surface area contributed by atoms with E-state index < -0.39 is 12.4 Å². The van der Waals surface area contributed by atoms with E-state index in [4.69, 9.17) is 0 Å². The summed E-state index contributed by atoms with van der Waals surface area (Å²) in [4.78, 5) is 0. The van der Waals surface area contributed by atoms with E-state index in [1.54, 1.807) is 0 Å². The first-order valence-corrected chi connectivity index (χ1v) is 5.18. The fourth-order valence-electron chi connectivity index (χ4n) is 0.998. The second kappa shape index (κ2) is 10.1. The van der Waals surface area contributed by atoms with Crippen LogP contribution in [0.4, 0.5) is 26.3 Å². The van der Waals surface area contributed by atoms with Crippen LogP contribution in [0.1, 0.15) is 25.7 Å². The van der Waals surface area contributed by atoms with Gasteiger partial charge in [0.05, 0.1) is 0 Å². The van der Waals surface area contributed by atoms with Crippen molar-refractivity contribution in [2.45, 2.75) is 38.0 Å². The van der Waals surface area contributed by atoms with Gasteiger partial charge in [0.15, 0.2) is 0 Å². The maximum Gasteiger partial charge on any atom is 0.457 e. The van der Waals surface area contributed by atoms with Crippen molar-refractivity contribution in [3.05, 3.63) is 24.3 Å². The van der Waals surface area contributed by atoms with Crippen LogP contribution in [0.5, 0.6) is 0 Å². The molecule has 0 aromatic carbocycles. The first-order chi connectivity index (χ1) is 8.21. The third-order valence-electron chi connectivity index (χ3n) is 1.68. The van der Waals surface area contributed by atoms with Crippen molar-refractivity contribution in [3.8, 4) is 11.8 Å². The van der Waals surface area contributed by atoms with Gasteiger partial charge in [0, 0.05) is 32.9 Å². The summed E-state index contributed by atoms with van der Waals surface area (Å²) in [6.07, 6.45) is 3.85. The Morgan fingerprint density at radius 1 is 0.579 bits per heavy atom. The van der Waals surface area contributed by atoms with Crippen molar-refractivity contribution in [2.24, 2.45) is 0 Å². The van der Waals surface area contributed by atoms with Gasteiger partial charge < -0.3 is 0 Å². The van der Waals surface area contributed by atoms with Crippen LogP contribution in [0.3, 0.4) is 0 Å². The zero-order chi connectivity index (χ0) is 14.1. The molecule has 0 aromatic heterocycles. The van der Waals surface area contributed by atoms with Gasteiger partial charge in [-0.1, -0.05) is 24.3 Å². The van der Waals surface area contributed by atoms with Crippen LogP contribution in [0.25, 0.3) is 0 Å². The Labute approximate surface area is 122 Å². The maximum atomic E-state index is 10.9. The third-order valence-corrected chi connectivity index (χ3v) is 1.68. The minimum absolute atomic E-state index is 0. The Kier molecular flexibility index (Phi) is 11.0. The summed E-state index contributed by atoms with van der Waals surface area (Å²) in [6.45, 7) is 0. The van der Waals surface area contributed by atoms with Crippen molar-refractivity contribution < 1.29 is 47.4 Å². The Hall–Kier alpha value is -0.692. The quantitative estimate of drug-likeness (QED) is 0.275. The zero-order valence-corrected chi connectivity index (χ0v) is 12.0. The molecule has 0 unspecified atom stereocenters. The van der Waals surface area contributed by atoms with Crippen molar-refractivity contribution in [2.75, 3.05) is 0 Å². The Morgan fingerprint density at radius 3 is 0.947 bits per heavy atom. The molecular formula is C12H12F6Pt. The molecule has 0 heterocycles. The summed E-state index contributed by atoms with van der Waals surface area (Å²) in [5, 5.41) is 0. The molecule has 1 rings (SSSR count). The first kappa shape index (κ1) is 20.6. The molecule has 0 bridgehead atoms. The second-order valence-corrected chi connectivity index (χ2v) is 3.34. The van der Waals surface area contributed by atoms with E-state index in [-0.39, 0.29) is 32.9 Å². The Morgan fingerprint density at radius 2 is 0.789 bits per heavy atom. The number of alkyl halides is 6. The summed E-state index contributed by atoms with van der Waals surface area (Å²) in [5.74, 6) is 0.174. The van der Waals surface area contributed by atoms with Gasteiger partial charge in [0.25, 0.3) is 0 Å². The predicted octanol–water partition coefficient (Wildman–Crippen LogP) is 4.78. The zero-order valence-electron chi connectivity index (χ0n) is 9.72. The normalized spacial score (nSPS) is 16.5. The van der Waals surface area contributed by atoms with E-state index in [1.165, 1.54) is 25.7 Å². The molecule has 0 saturated heterocycles. The molecule has 1 aliphatic rings. The molecule has 0 atom stereocenters. The summed E-state index contributed by atoms with van der Waals surface area (Å²) in [7, 11) is 0. The smallest absolute Gasteiger partial charge is 0.159 e. The van der Waals surface area contributed by atoms with Gasteiger partial charge in [0.1, 0.15) is 0 Å². The van der Waals surface area contributed by atoms with Gasteiger partial charge in [-0.25, -0.2) is 0 Å². The van der Waals surface area contributed by atoms with E-state index >= 15 is 0 Å². The van der Waals surface area contributed by atoms with Crippen LogP contribution >= 0.6 is 0 Å². The van der Waals surface area contributed by atoms with Crippen LogP contribution in [-0.2, 0) is 21.1 Å². The third kappa shape index (κ3) is 19.8. The van der Waals surface area contributed by atoms with Crippen molar-refractivity contribution >= 4 is 0 Å². The van der Waals surface area contributed by atoms with Gasteiger partial charge in [-0.15, -0.1) is 0 Å². The molecule has 7 heteroatoms. The van der Waals surface area contributed by atoms with Crippen molar-refractivity contribution in [3.63, 3.8) is 0 Å². The van der Waals surface area contributed by atoms with Crippen LogP contribution in [0.15, 0.2) is 24.3 Å². The summed E-state index contributed by atoms with van der Waals surface area (Å²) >= 11 is 0. The number of halogens is 6. The summed E-state index contributed by atoms with van der Waals surface area (Å²) in [5.41, 5.74) is 0. The summed E-state index contributed by atoms with van der Waals surface area (Å²) in [6, 6.07) is 0. The van der Waals surface area contributed by atoms with E-state index in [1.807, 2.05) is 0 Å². The molecule has 0 aromatic rings. The molecule has 19 heavy (non-hydrogen) atoms. The summed E-state index contributed by atoms with van der Waals surface area (Å²) < 4.78 is 65.5. The molecule has 0 aliphatic heterocycles. The van der Waals surface area contributed by atoms with Gasteiger partial charge >= 0.3 is 12.4 Å². The molecule has 1 aliphatic carbocycles. The van der Waals surface area contributed by atoms with Crippen LogP contribution in [-0.4, -0.2) is 12.4 Å². The molecular weight excluding hydrogens is 453 g/mol. The van der Waals surface area contributed by atoms with Crippen LogP contribution < -0.4 is 0 Å². The minimum Gasteiger partial charge on any atom is -0.159 e. The SMILES string of the molecule is C1=CCC/C=C\CC1.FC(F)(F)C#CC(F)(F)F.[Pt]. The average molecular weight is 465 g/mol.